The summed E-state index contributed by atoms with van der Waals surface area (Å²) in [7, 11) is 0. The fourth-order valence-corrected chi connectivity index (χ4v) is 2.52. The SMILES string of the molecule is O=CC1CCCc2nc(C#Cc3cncc(F)c3)ccc21. The number of nitrogens with zero attached hydrogens (tertiary/aromatic N) is 2. The molecule has 3 rings (SSSR count). The summed E-state index contributed by atoms with van der Waals surface area (Å²) in [5, 5.41) is 0. The average molecular weight is 280 g/mol. The van der Waals surface area contributed by atoms with Crippen molar-refractivity contribution in [1.29, 1.82) is 0 Å². The predicted molar refractivity (Wildman–Crippen MR) is 76.2 cm³/mol. The number of aldehydes is 1. The molecule has 2 aromatic heterocycles. The first-order valence-electron chi connectivity index (χ1n) is 6.84. The van der Waals surface area contributed by atoms with Gasteiger partial charge in [-0.3, -0.25) is 4.98 Å². The average Bonchev–Trinajstić information content (AvgIpc) is 2.52. The first-order chi connectivity index (χ1) is 10.3. The lowest BCUT2D eigenvalue weighted by Gasteiger charge is -2.20. The quantitative estimate of drug-likeness (QED) is 0.596. The number of carbonyl (C=O) groups is 1. The molecule has 2 heterocycles. The molecule has 0 fully saturated rings. The number of fused-ring (bicyclic) bond motifs is 1. The van der Waals surface area contributed by atoms with Crippen molar-refractivity contribution in [2.24, 2.45) is 0 Å². The van der Waals surface area contributed by atoms with E-state index in [9.17, 15) is 9.18 Å². The first-order valence-corrected chi connectivity index (χ1v) is 6.84. The van der Waals surface area contributed by atoms with Crippen LogP contribution in [0.1, 0.15) is 41.3 Å². The molecule has 1 atom stereocenters. The van der Waals surface area contributed by atoms with Gasteiger partial charge in [0.2, 0.25) is 0 Å². The van der Waals surface area contributed by atoms with E-state index in [0.29, 0.717) is 11.3 Å². The molecule has 21 heavy (non-hydrogen) atoms. The summed E-state index contributed by atoms with van der Waals surface area (Å²) >= 11 is 0. The van der Waals surface area contributed by atoms with E-state index in [-0.39, 0.29) is 5.92 Å². The lowest BCUT2D eigenvalue weighted by Crippen LogP contribution is -2.12. The third-order valence-electron chi connectivity index (χ3n) is 3.54. The zero-order valence-corrected chi connectivity index (χ0v) is 11.3. The Morgan fingerprint density at radius 1 is 1.29 bits per heavy atom. The fraction of sp³-hybridized carbons (Fsp3) is 0.235. The smallest absolute Gasteiger partial charge is 0.142 e. The standard InChI is InChI=1S/C17H13FN2O/c18-14-8-12(9-19-10-14)4-5-15-6-7-16-13(11-21)2-1-3-17(16)20-15/h6-11,13H,1-3H2. The summed E-state index contributed by atoms with van der Waals surface area (Å²) in [5.41, 5.74) is 3.10. The minimum Gasteiger partial charge on any atom is -0.303 e. The van der Waals surface area contributed by atoms with Gasteiger partial charge in [-0.1, -0.05) is 12.0 Å². The predicted octanol–water partition coefficient (Wildman–Crippen LogP) is 2.63. The maximum atomic E-state index is 13.0. The molecule has 0 N–H and O–H groups in total. The van der Waals surface area contributed by atoms with Crippen molar-refractivity contribution >= 4 is 6.29 Å². The summed E-state index contributed by atoms with van der Waals surface area (Å²) in [6.45, 7) is 0. The van der Waals surface area contributed by atoms with Crippen LogP contribution in [0.15, 0.2) is 30.6 Å². The molecule has 1 aliphatic carbocycles. The van der Waals surface area contributed by atoms with Gasteiger partial charge < -0.3 is 4.79 Å². The molecule has 0 radical (unpaired) electrons. The number of pyridine rings is 2. The Balaban J connectivity index is 1.90. The van der Waals surface area contributed by atoms with Crippen molar-refractivity contribution in [1.82, 2.24) is 9.97 Å². The molecule has 0 aliphatic heterocycles. The van der Waals surface area contributed by atoms with Crippen LogP contribution in [-0.4, -0.2) is 16.3 Å². The van der Waals surface area contributed by atoms with Gasteiger partial charge >= 0.3 is 0 Å². The molecule has 0 amide bonds. The Labute approximate surface area is 122 Å². The number of hydrogen-bond donors (Lipinski definition) is 0. The van der Waals surface area contributed by atoms with Crippen LogP contribution in [0.3, 0.4) is 0 Å². The van der Waals surface area contributed by atoms with E-state index < -0.39 is 5.82 Å². The third kappa shape index (κ3) is 2.97. The lowest BCUT2D eigenvalue weighted by atomic mass is 9.86. The Morgan fingerprint density at radius 2 is 2.19 bits per heavy atom. The number of aromatic nitrogens is 2. The van der Waals surface area contributed by atoms with Crippen LogP contribution in [0, 0.1) is 17.7 Å². The molecule has 0 saturated heterocycles. The van der Waals surface area contributed by atoms with Gasteiger partial charge in [0.15, 0.2) is 0 Å². The zero-order chi connectivity index (χ0) is 14.7. The van der Waals surface area contributed by atoms with E-state index >= 15 is 0 Å². The number of halogens is 1. The molecule has 0 spiro atoms. The number of hydrogen-bond acceptors (Lipinski definition) is 3. The highest BCUT2D eigenvalue weighted by Crippen LogP contribution is 2.28. The molecule has 104 valence electrons. The summed E-state index contributed by atoms with van der Waals surface area (Å²) < 4.78 is 13.0. The summed E-state index contributed by atoms with van der Waals surface area (Å²) in [6.07, 6.45) is 6.37. The third-order valence-corrected chi connectivity index (χ3v) is 3.54. The normalized spacial score (nSPS) is 16.5. The molecule has 1 aliphatic rings. The van der Waals surface area contributed by atoms with Crippen molar-refractivity contribution in [3.8, 4) is 11.8 Å². The van der Waals surface area contributed by atoms with E-state index in [4.69, 9.17) is 0 Å². The highest BCUT2D eigenvalue weighted by Gasteiger charge is 2.20. The fourth-order valence-electron chi connectivity index (χ4n) is 2.52. The van der Waals surface area contributed by atoms with Crippen LogP contribution in [0.4, 0.5) is 4.39 Å². The van der Waals surface area contributed by atoms with Crippen molar-refractivity contribution < 1.29 is 9.18 Å². The largest absolute Gasteiger partial charge is 0.303 e. The maximum absolute atomic E-state index is 13.0. The number of carbonyl (C=O) groups excluding carboxylic acids is 1. The van der Waals surface area contributed by atoms with E-state index in [2.05, 4.69) is 21.8 Å². The van der Waals surface area contributed by atoms with Crippen molar-refractivity contribution in [2.75, 3.05) is 0 Å². The van der Waals surface area contributed by atoms with Gasteiger partial charge in [0.1, 0.15) is 17.8 Å². The number of aryl methyl sites for hydroxylation is 1. The van der Waals surface area contributed by atoms with Crippen LogP contribution in [0.25, 0.3) is 0 Å². The molecule has 0 saturated carbocycles. The second-order valence-corrected chi connectivity index (χ2v) is 5.01. The second-order valence-electron chi connectivity index (χ2n) is 5.01. The monoisotopic (exact) mass is 280 g/mol. The summed E-state index contributed by atoms with van der Waals surface area (Å²) in [6, 6.07) is 5.07. The maximum Gasteiger partial charge on any atom is 0.142 e. The van der Waals surface area contributed by atoms with Crippen LogP contribution in [0.2, 0.25) is 0 Å². The van der Waals surface area contributed by atoms with E-state index in [1.165, 1.54) is 12.3 Å². The van der Waals surface area contributed by atoms with Crippen molar-refractivity contribution in [3.05, 3.63) is 58.9 Å². The molecular formula is C17H13FN2O. The van der Waals surface area contributed by atoms with Gasteiger partial charge in [-0.25, -0.2) is 9.37 Å². The Bertz CT molecular complexity index is 746. The van der Waals surface area contributed by atoms with E-state index in [0.717, 1.165) is 43.0 Å². The zero-order valence-electron chi connectivity index (χ0n) is 11.3. The van der Waals surface area contributed by atoms with E-state index in [1.54, 1.807) is 6.07 Å². The molecule has 1 unspecified atom stereocenters. The van der Waals surface area contributed by atoms with Gasteiger partial charge in [0.25, 0.3) is 0 Å². The van der Waals surface area contributed by atoms with E-state index in [1.807, 2.05) is 6.07 Å². The summed E-state index contributed by atoms with van der Waals surface area (Å²) in [5.74, 6) is 5.31. The summed E-state index contributed by atoms with van der Waals surface area (Å²) in [4.78, 5) is 19.3. The lowest BCUT2D eigenvalue weighted by molar-refractivity contribution is -0.109. The number of rotatable bonds is 1. The Kier molecular flexibility index (Phi) is 3.74. The van der Waals surface area contributed by atoms with Crippen molar-refractivity contribution in [2.45, 2.75) is 25.2 Å². The van der Waals surface area contributed by atoms with Gasteiger partial charge in [0.05, 0.1) is 6.20 Å². The second kappa shape index (κ2) is 5.84. The molecule has 3 nitrogen and oxygen atoms in total. The molecular weight excluding hydrogens is 267 g/mol. The van der Waals surface area contributed by atoms with Gasteiger partial charge in [-0.15, -0.1) is 0 Å². The van der Waals surface area contributed by atoms with Gasteiger partial charge in [0, 0.05) is 23.4 Å². The van der Waals surface area contributed by atoms with Crippen LogP contribution < -0.4 is 0 Å². The van der Waals surface area contributed by atoms with Crippen molar-refractivity contribution in [3.63, 3.8) is 0 Å². The molecule has 2 aromatic rings. The molecule has 0 aromatic carbocycles. The Morgan fingerprint density at radius 3 is 3.00 bits per heavy atom. The first kappa shape index (κ1) is 13.4. The minimum absolute atomic E-state index is 0.0457. The molecule has 0 bridgehead atoms. The van der Waals surface area contributed by atoms with Gasteiger partial charge in [-0.05, 0) is 42.9 Å². The van der Waals surface area contributed by atoms with Crippen LogP contribution in [0.5, 0.6) is 0 Å². The van der Waals surface area contributed by atoms with Crippen LogP contribution in [-0.2, 0) is 11.2 Å². The molecule has 4 heteroatoms. The Hall–Kier alpha value is -2.54. The van der Waals surface area contributed by atoms with Crippen LogP contribution >= 0.6 is 0 Å². The highest BCUT2D eigenvalue weighted by atomic mass is 19.1. The highest BCUT2D eigenvalue weighted by molar-refractivity contribution is 5.63. The topological polar surface area (TPSA) is 42.9 Å². The minimum atomic E-state index is -0.408. The van der Waals surface area contributed by atoms with Gasteiger partial charge in [-0.2, -0.15) is 0 Å².